The fourth-order valence-corrected chi connectivity index (χ4v) is 4.78. The molecule has 0 amide bonds. The maximum atomic E-state index is 11.7. The number of benzene rings is 3. The molecule has 0 unspecified atom stereocenters. The molecule has 0 fully saturated rings. The van der Waals surface area contributed by atoms with Gasteiger partial charge in [-0.15, -0.1) is 0 Å². The van der Waals surface area contributed by atoms with E-state index in [1.54, 1.807) is 11.8 Å². The number of nitrogens with zero attached hydrogens (tertiary/aromatic N) is 1. The van der Waals surface area contributed by atoms with E-state index in [1.807, 2.05) is 95.6 Å². The quantitative estimate of drug-likeness (QED) is 0.561. The second-order valence-electron chi connectivity index (χ2n) is 6.81. The van der Waals surface area contributed by atoms with Crippen LogP contribution in [0.2, 0.25) is 0 Å². The van der Waals surface area contributed by atoms with Gasteiger partial charge in [-0.3, -0.25) is 0 Å². The summed E-state index contributed by atoms with van der Waals surface area (Å²) in [6, 6.07) is 30.0. The molecular formula is C24H23N2OS+. The lowest BCUT2D eigenvalue weighted by Gasteiger charge is -2.20. The lowest BCUT2D eigenvalue weighted by atomic mass is 10.0. The van der Waals surface area contributed by atoms with Crippen LogP contribution in [0.5, 0.6) is 0 Å². The van der Waals surface area contributed by atoms with E-state index in [0.29, 0.717) is 12.2 Å². The maximum Gasteiger partial charge on any atom is 0.307 e. The number of thioether (sulfide) groups is 1. The zero-order valence-corrected chi connectivity index (χ0v) is 16.4. The molecule has 1 heterocycles. The highest BCUT2D eigenvalue weighted by Crippen LogP contribution is 2.40. The van der Waals surface area contributed by atoms with Gasteiger partial charge in [0.15, 0.2) is 0 Å². The monoisotopic (exact) mass is 387 g/mol. The molecule has 140 valence electrons. The Morgan fingerprint density at radius 2 is 1.50 bits per heavy atom. The Labute approximate surface area is 170 Å². The lowest BCUT2D eigenvalue weighted by molar-refractivity contribution is -0.593. The van der Waals surface area contributed by atoms with Crippen molar-refractivity contribution in [3.05, 3.63) is 109 Å². The minimum Gasteiger partial charge on any atom is -0.359 e. The van der Waals surface area contributed by atoms with Crippen LogP contribution in [0.25, 0.3) is 0 Å². The molecule has 0 radical (unpaired) electrons. The van der Waals surface area contributed by atoms with Crippen molar-refractivity contribution >= 4 is 28.2 Å². The molecule has 0 aliphatic carbocycles. The summed E-state index contributed by atoms with van der Waals surface area (Å²) in [5.41, 5.74) is 2.69. The van der Waals surface area contributed by atoms with Crippen LogP contribution in [0.15, 0.2) is 103 Å². The molecule has 0 aromatic heterocycles. The average molecular weight is 388 g/mol. The Bertz CT molecular complexity index is 987. The van der Waals surface area contributed by atoms with Crippen LogP contribution in [-0.4, -0.2) is 20.5 Å². The number of para-hydroxylation sites is 2. The molecule has 4 rings (SSSR count). The Morgan fingerprint density at radius 3 is 2.14 bits per heavy atom. The normalized spacial score (nSPS) is 18.9. The molecule has 0 spiro atoms. The summed E-state index contributed by atoms with van der Waals surface area (Å²) in [4.78, 5) is 0. The number of nitrogens with one attached hydrogen (secondary N) is 1. The van der Waals surface area contributed by atoms with Crippen molar-refractivity contribution in [3.8, 4) is 0 Å². The standard InChI is InChI=1S/C24H23N2OS/c1-19(25-21-13-7-3-8-14-21)17-23-26(22-15-9-4-10-16-22)24(27,18-28-23)20-11-5-2-6-12-20/h2-16,25,27H,1,17-18H2/q+1/t24-/m0/s1. The second kappa shape index (κ2) is 8.05. The van der Waals surface area contributed by atoms with Crippen molar-refractivity contribution in [1.29, 1.82) is 0 Å². The predicted molar refractivity (Wildman–Crippen MR) is 118 cm³/mol. The molecule has 28 heavy (non-hydrogen) atoms. The second-order valence-corrected chi connectivity index (χ2v) is 7.86. The van der Waals surface area contributed by atoms with Gasteiger partial charge in [-0.1, -0.05) is 72.9 Å². The number of hydrogen-bond acceptors (Lipinski definition) is 3. The fourth-order valence-electron chi connectivity index (χ4n) is 3.45. The smallest absolute Gasteiger partial charge is 0.307 e. The Kier molecular flexibility index (Phi) is 5.33. The fraction of sp³-hybridized carbons (Fsp3) is 0.125. The zero-order chi connectivity index (χ0) is 19.4. The first-order valence-electron chi connectivity index (χ1n) is 9.28. The van der Waals surface area contributed by atoms with E-state index in [4.69, 9.17) is 0 Å². The summed E-state index contributed by atoms with van der Waals surface area (Å²) in [7, 11) is 0. The highest BCUT2D eigenvalue weighted by atomic mass is 32.2. The predicted octanol–water partition coefficient (Wildman–Crippen LogP) is 5.34. The van der Waals surface area contributed by atoms with Crippen molar-refractivity contribution < 1.29 is 9.68 Å². The van der Waals surface area contributed by atoms with E-state index in [0.717, 1.165) is 27.7 Å². The third-order valence-electron chi connectivity index (χ3n) is 4.77. The first kappa shape index (κ1) is 18.5. The third-order valence-corrected chi connectivity index (χ3v) is 5.98. The summed E-state index contributed by atoms with van der Waals surface area (Å²) in [6.07, 6.45) is 0.642. The molecule has 3 aromatic carbocycles. The van der Waals surface area contributed by atoms with Gasteiger partial charge in [0.25, 0.3) is 0 Å². The first-order chi connectivity index (χ1) is 13.7. The molecule has 0 saturated heterocycles. The van der Waals surface area contributed by atoms with Gasteiger partial charge >= 0.3 is 5.72 Å². The van der Waals surface area contributed by atoms with Gasteiger partial charge in [0.05, 0.1) is 12.0 Å². The van der Waals surface area contributed by atoms with Gasteiger partial charge < -0.3 is 10.4 Å². The number of aliphatic hydroxyl groups is 1. The number of anilines is 1. The van der Waals surface area contributed by atoms with Crippen molar-refractivity contribution in [2.24, 2.45) is 0 Å². The van der Waals surface area contributed by atoms with Crippen molar-refractivity contribution in [2.75, 3.05) is 11.1 Å². The molecule has 3 aromatic rings. The van der Waals surface area contributed by atoms with Crippen LogP contribution in [0.4, 0.5) is 11.4 Å². The molecule has 1 atom stereocenters. The van der Waals surface area contributed by atoms with E-state index >= 15 is 0 Å². The Hall–Kier alpha value is -2.82. The zero-order valence-electron chi connectivity index (χ0n) is 15.6. The van der Waals surface area contributed by atoms with E-state index < -0.39 is 5.72 Å². The largest absolute Gasteiger partial charge is 0.359 e. The molecular weight excluding hydrogens is 364 g/mol. The Morgan fingerprint density at radius 1 is 0.929 bits per heavy atom. The number of allylic oxidation sites excluding steroid dienone is 1. The molecule has 2 N–H and O–H groups in total. The number of hydrogen-bond donors (Lipinski definition) is 2. The lowest BCUT2D eigenvalue weighted by Crippen LogP contribution is -2.37. The summed E-state index contributed by atoms with van der Waals surface area (Å²) in [5.74, 6) is 0.569. The van der Waals surface area contributed by atoms with Crippen molar-refractivity contribution in [1.82, 2.24) is 0 Å². The molecule has 1 aliphatic rings. The van der Waals surface area contributed by atoms with E-state index in [2.05, 4.69) is 11.9 Å². The summed E-state index contributed by atoms with van der Waals surface area (Å²) in [6.45, 7) is 4.21. The summed E-state index contributed by atoms with van der Waals surface area (Å²) >= 11 is 1.68. The molecule has 1 aliphatic heterocycles. The minimum atomic E-state index is -1.09. The Balaban J connectivity index is 1.70. The van der Waals surface area contributed by atoms with Crippen LogP contribution in [0, 0.1) is 0 Å². The van der Waals surface area contributed by atoms with Crippen molar-refractivity contribution in [2.45, 2.75) is 12.1 Å². The van der Waals surface area contributed by atoms with Gasteiger partial charge in [0.1, 0.15) is 5.75 Å². The minimum absolute atomic E-state index is 0.569. The van der Waals surface area contributed by atoms with Crippen LogP contribution in [-0.2, 0) is 5.72 Å². The maximum absolute atomic E-state index is 11.7. The molecule has 0 bridgehead atoms. The van der Waals surface area contributed by atoms with E-state index in [1.165, 1.54) is 0 Å². The first-order valence-corrected chi connectivity index (χ1v) is 10.3. The van der Waals surface area contributed by atoms with Crippen molar-refractivity contribution in [3.63, 3.8) is 0 Å². The van der Waals surface area contributed by atoms with Crippen LogP contribution in [0.3, 0.4) is 0 Å². The third kappa shape index (κ3) is 3.75. The highest BCUT2D eigenvalue weighted by molar-refractivity contribution is 8.13. The molecule has 0 saturated carbocycles. The van der Waals surface area contributed by atoms with Gasteiger partial charge in [-0.2, -0.15) is 4.58 Å². The highest BCUT2D eigenvalue weighted by Gasteiger charge is 2.50. The van der Waals surface area contributed by atoms with Gasteiger partial charge in [0.2, 0.25) is 10.7 Å². The summed E-state index contributed by atoms with van der Waals surface area (Å²) in [5, 5.41) is 16.1. The summed E-state index contributed by atoms with van der Waals surface area (Å²) < 4.78 is 2.05. The van der Waals surface area contributed by atoms with Gasteiger partial charge in [-0.25, -0.2) is 0 Å². The van der Waals surface area contributed by atoms with Crippen LogP contribution in [0.1, 0.15) is 12.0 Å². The van der Waals surface area contributed by atoms with Crippen LogP contribution < -0.4 is 5.32 Å². The number of rotatable bonds is 6. The molecule has 4 heteroatoms. The SMILES string of the molecule is C=C(CC1=[N+](c2ccccc2)[C@@](O)(c2ccccc2)CS1)Nc1ccccc1. The van der Waals surface area contributed by atoms with Gasteiger partial charge in [0, 0.05) is 23.5 Å². The average Bonchev–Trinajstić information content (AvgIpc) is 3.07. The van der Waals surface area contributed by atoms with E-state index in [9.17, 15) is 5.11 Å². The van der Waals surface area contributed by atoms with Crippen LogP contribution >= 0.6 is 11.8 Å². The molecule has 3 nitrogen and oxygen atoms in total. The van der Waals surface area contributed by atoms with Gasteiger partial charge in [-0.05, 0) is 24.3 Å². The van der Waals surface area contributed by atoms with E-state index in [-0.39, 0.29) is 0 Å². The topological polar surface area (TPSA) is 35.3 Å².